The van der Waals surface area contributed by atoms with Crippen molar-refractivity contribution < 1.29 is 14.3 Å². The Morgan fingerprint density at radius 2 is 2.10 bits per heavy atom. The van der Waals surface area contributed by atoms with Crippen LogP contribution in [0.5, 0.6) is 5.75 Å². The Morgan fingerprint density at radius 1 is 1.38 bits per heavy atom. The third kappa shape index (κ3) is 3.74. The molecule has 0 radical (unpaired) electrons. The van der Waals surface area contributed by atoms with Gasteiger partial charge in [0.25, 0.3) is 5.91 Å². The van der Waals surface area contributed by atoms with E-state index in [1.807, 2.05) is 18.2 Å². The number of hydrogen-bond acceptors (Lipinski definition) is 3. The minimum atomic E-state index is -0.566. The highest BCUT2D eigenvalue weighted by molar-refractivity contribution is 6.03. The van der Waals surface area contributed by atoms with E-state index < -0.39 is 6.10 Å². The van der Waals surface area contributed by atoms with E-state index in [1.165, 1.54) is 4.90 Å². The number of nitrogens with zero attached hydrogens (tertiary/aromatic N) is 1. The van der Waals surface area contributed by atoms with Crippen molar-refractivity contribution in [1.29, 1.82) is 0 Å². The Balaban J connectivity index is 2.04. The molecule has 5 nitrogen and oxygen atoms in total. The van der Waals surface area contributed by atoms with E-state index in [-0.39, 0.29) is 18.4 Å². The Kier molecular flexibility index (Phi) is 4.83. The van der Waals surface area contributed by atoms with Crippen molar-refractivity contribution >= 4 is 17.5 Å². The molecule has 2 rings (SSSR count). The largest absolute Gasteiger partial charge is 0.479 e. The second-order valence-electron chi connectivity index (χ2n) is 5.68. The van der Waals surface area contributed by atoms with Crippen LogP contribution in [0.1, 0.15) is 27.2 Å². The lowest BCUT2D eigenvalue weighted by molar-refractivity contribution is -0.128. The van der Waals surface area contributed by atoms with E-state index in [9.17, 15) is 9.59 Å². The Hall–Kier alpha value is -2.04. The Bertz CT molecular complexity index is 528. The molecule has 0 saturated heterocycles. The number of nitrogens with one attached hydrogen (secondary N) is 1. The summed E-state index contributed by atoms with van der Waals surface area (Å²) in [4.78, 5) is 25.7. The monoisotopic (exact) mass is 290 g/mol. The quantitative estimate of drug-likeness (QED) is 0.902. The maximum absolute atomic E-state index is 12.2. The highest BCUT2D eigenvalue weighted by atomic mass is 16.5. The lowest BCUT2D eigenvalue weighted by Gasteiger charge is -2.32. The molecule has 0 spiro atoms. The van der Waals surface area contributed by atoms with Gasteiger partial charge in [-0.1, -0.05) is 26.0 Å². The molecule has 0 fully saturated rings. The van der Waals surface area contributed by atoms with Crippen LogP contribution < -0.4 is 15.0 Å². The van der Waals surface area contributed by atoms with Gasteiger partial charge >= 0.3 is 0 Å². The molecule has 1 aliphatic heterocycles. The van der Waals surface area contributed by atoms with E-state index >= 15 is 0 Å². The molecule has 21 heavy (non-hydrogen) atoms. The second-order valence-corrected chi connectivity index (χ2v) is 5.68. The summed E-state index contributed by atoms with van der Waals surface area (Å²) in [6, 6.07) is 7.28. The van der Waals surface area contributed by atoms with E-state index in [0.29, 0.717) is 23.9 Å². The summed E-state index contributed by atoms with van der Waals surface area (Å²) in [5, 5.41) is 2.85. The molecule has 0 saturated carbocycles. The van der Waals surface area contributed by atoms with Crippen molar-refractivity contribution in [3.63, 3.8) is 0 Å². The zero-order chi connectivity index (χ0) is 15.4. The zero-order valence-corrected chi connectivity index (χ0v) is 12.8. The first-order chi connectivity index (χ1) is 9.99. The number of fused-ring (bicyclic) bond motifs is 1. The van der Waals surface area contributed by atoms with Crippen LogP contribution in [0.2, 0.25) is 0 Å². The van der Waals surface area contributed by atoms with Crippen molar-refractivity contribution in [2.75, 3.05) is 18.0 Å². The van der Waals surface area contributed by atoms with Gasteiger partial charge in [-0.25, -0.2) is 0 Å². The van der Waals surface area contributed by atoms with Crippen molar-refractivity contribution in [1.82, 2.24) is 5.32 Å². The van der Waals surface area contributed by atoms with E-state index in [0.717, 1.165) is 6.42 Å². The van der Waals surface area contributed by atoms with Crippen molar-refractivity contribution in [3.8, 4) is 5.75 Å². The number of carbonyl (C=O) groups is 2. The molecule has 0 bridgehead atoms. The lowest BCUT2D eigenvalue weighted by Crippen LogP contribution is -2.48. The molecule has 1 aromatic carbocycles. The van der Waals surface area contributed by atoms with Crippen LogP contribution in [0.4, 0.5) is 5.69 Å². The van der Waals surface area contributed by atoms with Crippen LogP contribution in [0.3, 0.4) is 0 Å². The number of benzene rings is 1. The molecule has 1 N–H and O–H groups in total. The van der Waals surface area contributed by atoms with Gasteiger partial charge in [-0.05, 0) is 31.4 Å². The number of anilines is 1. The predicted molar refractivity (Wildman–Crippen MR) is 81.3 cm³/mol. The van der Waals surface area contributed by atoms with Gasteiger partial charge < -0.3 is 10.1 Å². The van der Waals surface area contributed by atoms with E-state index in [4.69, 9.17) is 4.74 Å². The average molecular weight is 290 g/mol. The first kappa shape index (κ1) is 15.4. The molecule has 0 unspecified atom stereocenters. The van der Waals surface area contributed by atoms with Gasteiger partial charge in [0.1, 0.15) is 12.3 Å². The van der Waals surface area contributed by atoms with E-state index in [2.05, 4.69) is 19.2 Å². The fourth-order valence-electron chi connectivity index (χ4n) is 2.22. The molecule has 1 heterocycles. The van der Waals surface area contributed by atoms with Crippen LogP contribution in [-0.2, 0) is 9.59 Å². The van der Waals surface area contributed by atoms with Gasteiger partial charge in [-0.3, -0.25) is 14.5 Å². The van der Waals surface area contributed by atoms with Crippen molar-refractivity contribution in [2.24, 2.45) is 5.92 Å². The average Bonchev–Trinajstić information content (AvgIpc) is 2.43. The van der Waals surface area contributed by atoms with Crippen LogP contribution >= 0.6 is 0 Å². The van der Waals surface area contributed by atoms with Crippen molar-refractivity contribution in [3.05, 3.63) is 24.3 Å². The summed E-state index contributed by atoms with van der Waals surface area (Å²) < 4.78 is 5.55. The Morgan fingerprint density at radius 3 is 2.81 bits per heavy atom. The molecule has 0 aliphatic carbocycles. The zero-order valence-electron chi connectivity index (χ0n) is 12.8. The minimum Gasteiger partial charge on any atom is -0.479 e. The summed E-state index contributed by atoms with van der Waals surface area (Å²) in [7, 11) is 0. The number of carbonyl (C=O) groups excluding carboxylic acids is 2. The Labute approximate surface area is 125 Å². The minimum absolute atomic E-state index is 0.0294. The summed E-state index contributed by atoms with van der Waals surface area (Å²) in [6.07, 6.45) is 0.360. The summed E-state index contributed by atoms with van der Waals surface area (Å²) in [5.41, 5.74) is 0.652. The van der Waals surface area contributed by atoms with Gasteiger partial charge in [-0.2, -0.15) is 0 Å². The van der Waals surface area contributed by atoms with Gasteiger partial charge in [0.15, 0.2) is 6.10 Å². The fourth-order valence-corrected chi connectivity index (χ4v) is 2.22. The maximum Gasteiger partial charge on any atom is 0.268 e. The van der Waals surface area contributed by atoms with Crippen molar-refractivity contribution in [2.45, 2.75) is 33.3 Å². The molecule has 1 atom stereocenters. The van der Waals surface area contributed by atoms with Gasteiger partial charge in [0.05, 0.1) is 5.69 Å². The third-order valence-electron chi connectivity index (χ3n) is 3.42. The topological polar surface area (TPSA) is 58.6 Å². The van der Waals surface area contributed by atoms with Crippen LogP contribution in [0, 0.1) is 5.92 Å². The van der Waals surface area contributed by atoms with Crippen LogP contribution in [0.15, 0.2) is 24.3 Å². The predicted octanol–water partition coefficient (Wildman–Crippen LogP) is 1.96. The van der Waals surface area contributed by atoms with Crippen LogP contribution in [0.25, 0.3) is 0 Å². The first-order valence-electron chi connectivity index (χ1n) is 7.32. The molecular formula is C16H22N2O3. The van der Waals surface area contributed by atoms with Crippen LogP contribution in [-0.4, -0.2) is 31.0 Å². The molecule has 114 valence electrons. The normalized spacial score (nSPS) is 17.4. The molecule has 1 aromatic rings. The third-order valence-corrected chi connectivity index (χ3v) is 3.42. The molecule has 2 amide bonds. The number of ether oxygens (including phenoxy) is 1. The first-order valence-corrected chi connectivity index (χ1v) is 7.32. The SMILES string of the molecule is CC(C)CCNC(=O)CN1C(=O)[C@@H](C)Oc2ccccc21. The summed E-state index contributed by atoms with van der Waals surface area (Å²) in [6.45, 7) is 6.57. The maximum atomic E-state index is 12.2. The van der Waals surface area contributed by atoms with Gasteiger partial charge in [-0.15, -0.1) is 0 Å². The number of amides is 2. The fraction of sp³-hybridized carbons (Fsp3) is 0.500. The lowest BCUT2D eigenvalue weighted by atomic mass is 10.1. The molecule has 0 aromatic heterocycles. The highest BCUT2D eigenvalue weighted by Crippen LogP contribution is 2.33. The highest BCUT2D eigenvalue weighted by Gasteiger charge is 2.32. The molecule has 5 heteroatoms. The smallest absolute Gasteiger partial charge is 0.268 e. The van der Waals surface area contributed by atoms with Gasteiger partial charge in [0, 0.05) is 6.54 Å². The molecule has 1 aliphatic rings. The second kappa shape index (κ2) is 6.61. The van der Waals surface area contributed by atoms with Gasteiger partial charge in [0.2, 0.25) is 5.91 Å². The van der Waals surface area contributed by atoms with E-state index in [1.54, 1.807) is 13.0 Å². The molecular weight excluding hydrogens is 268 g/mol. The number of para-hydroxylation sites is 2. The summed E-state index contributed by atoms with van der Waals surface area (Å²) in [5.74, 6) is 0.844. The standard InChI is InChI=1S/C16H22N2O3/c1-11(2)8-9-17-15(19)10-18-13-6-4-5-7-14(13)21-12(3)16(18)20/h4-7,11-12H,8-10H2,1-3H3,(H,17,19)/t12-/m1/s1. The summed E-state index contributed by atoms with van der Waals surface area (Å²) >= 11 is 0. The number of rotatable bonds is 5. The number of hydrogen-bond donors (Lipinski definition) is 1.